The number of nitrogens with zero attached hydrogens (tertiary/aromatic N) is 4. The lowest BCUT2D eigenvalue weighted by molar-refractivity contribution is -0.131. The van der Waals surface area contributed by atoms with Gasteiger partial charge in [0.1, 0.15) is 11.5 Å². The number of likely N-dealkylation sites (N-methyl/N-ethyl adjacent to an activating group) is 1. The standard InChI is InChI=1S/C29H42N4O3/c1-30-16-18-31(19-17-30)26-12-7-9-14-28(26)36-24-10-4-3-5-15-29(34)33-22-20-32(21-23-33)25-11-6-8-13-27(25)35-2/h6-9,11-14H,3-5,10,15-24H2,1-2H3. The highest BCUT2D eigenvalue weighted by molar-refractivity contribution is 5.76. The largest absolute Gasteiger partial charge is 0.495 e. The van der Waals surface area contributed by atoms with Gasteiger partial charge in [-0.15, -0.1) is 0 Å². The Kier molecular flexibility index (Phi) is 9.73. The van der Waals surface area contributed by atoms with E-state index in [1.165, 1.54) is 5.69 Å². The van der Waals surface area contributed by atoms with Crippen molar-refractivity contribution in [1.82, 2.24) is 9.80 Å². The summed E-state index contributed by atoms with van der Waals surface area (Å²) in [7, 11) is 3.88. The molecule has 0 saturated carbocycles. The summed E-state index contributed by atoms with van der Waals surface area (Å²) in [6.45, 7) is 8.23. The Bertz CT molecular complexity index is 953. The maximum absolute atomic E-state index is 12.7. The highest BCUT2D eigenvalue weighted by Gasteiger charge is 2.22. The average Bonchev–Trinajstić information content (AvgIpc) is 2.93. The maximum Gasteiger partial charge on any atom is 0.222 e. The van der Waals surface area contributed by atoms with E-state index < -0.39 is 0 Å². The van der Waals surface area contributed by atoms with E-state index in [0.717, 1.165) is 102 Å². The molecule has 2 aliphatic rings. The lowest BCUT2D eigenvalue weighted by Gasteiger charge is -2.36. The molecule has 0 aromatic heterocycles. The van der Waals surface area contributed by atoms with Gasteiger partial charge in [0.2, 0.25) is 5.91 Å². The van der Waals surface area contributed by atoms with Crippen LogP contribution in [0, 0.1) is 0 Å². The molecule has 7 heteroatoms. The number of ether oxygens (including phenoxy) is 2. The lowest BCUT2D eigenvalue weighted by Crippen LogP contribution is -2.48. The van der Waals surface area contributed by atoms with Crippen LogP contribution in [0.4, 0.5) is 11.4 Å². The van der Waals surface area contributed by atoms with E-state index in [-0.39, 0.29) is 5.91 Å². The molecule has 1 amide bonds. The fraction of sp³-hybridized carbons (Fsp3) is 0.552. The number of carbonyl (C=O) groups is 1. The highest BCUT2D eigenvalue weighted by atomic mass is 16.5. The summed E-state index contributed by atoms with van der Waals surface area (Å²) in [5.41, 5.74) is 2.32. The molecule has 0 spiro atoms. The minimum absolute atomic E-state index is 0.284. The summed E-state index contributed by atoms with van der Waals surface area (Å²) in [6.07, 6.45) is 4.76. The summed E-state index contributed by atoms with van der Waals surface area (Å²) < 4.78 is 11.7. The Morgan fingerprint density at radius 3 is 1.94 bits per heavy atom. The Morgan fingerprint density at radius 2 is 1.28 bits per heavy atom. The Labute approximate surface area is 216 Å². The predicted molar refractivity (Wildman–Crippen MR) is 147 cm³/mol. The number of benzene rings is 2. The number of amides is 1. The van der Waals surface area contributed by atoms with E-state index in [4.69, 9.17) is 9.47 Å². The predicted octanol–water partition coefficient (Wildman–Crippen LogP) is 4.13. The van der Waals surface area contributed by atoms with Crippen molar-refractivity contribution in [3.63, 3.8) is 0 Å². The van der Waals surface area contributed by atoms with Crippen molar-refractivity contribution in [3.8, 4) is 11.5 Å². The molecule has 0 atom stereocenters. The van der Waals surface area contributed by atoms with Crippen LogP contribution in [0.3, 0.4) is 0 Å². The second kappa shape index (κ2) is 13.4. The van der Waals surface area contributed by atoms with Gasteiger partial charge in [-0.3, -0.25) is 4.79 Å². The first-order chi connectivity index (χ1) is 17.7. The average molecular weight is 495 g/mol. The topological polar surface area (TPSA) is 48.5 Å². The fourth-order valence-electron chi connectivity index (χ4n) is 5.05. The van der Waals surface area contributed by atoms with Gasteiger partial charge in [-0.05, 0) is 44.2 Å². The lowest BCUT2D eigenvalue weighted by atomic mass is 10.1. The third kappa shape index (κ3) is 7.06. The van der Waals surface area contributed by atoms with Crippen LogP contribution in [0.5, 0.6) is 11.5 Å². The van der Waals surface area contributed by atoms with Crippen LogP contribution in [0.2, 0.25) is 0 Å². The van der Waals surface area contributed by atoms with Gasteiger partial charge in [-0.2, -0.15) is 0 Å². The summed E-state index contributed by atoms with van der Waals surface area (Å²) in [5, 5.41) is 0. The van der Waals surface area contributed by atoms with Crippen LogP contribution in [0.25, 0.3) is 0 Å². The van der Waals surface area contributed by atoms with Gasteiger partial charge in [-0.25, -0.2) is 0 Å². The van der Waals surface area contributed by atoms with Crippen molar-refractivity contribution in [2.45, 2.75) is 32.1 Å². The van der Waals surface area contributed by atoms with Crippen molar-refractivity contribution >= 4 is 17.3 Å². The Balaban J connectivity index is 1.10. The van der Waals surface area contributed by atoms with E-state index in [1.54, 1.807) is 7.11 Å². The van der Waals surface area contributed by atoms with Crippen LogP contribution in [0.1, 0.15) is 32.1 Å². The Hall–Kier alpha value is -2.93. The van der Waals surface area contributed by atoms with E-state index in [9.17, 15) is 4.79 Å². The van der Waals surface area contributed by atoms with Crippen molar-refractivity contribution in [2.75, 3.05) is 82.9 Å². The zero-order valence-electron chi connectivity index (χ0n) is 22.0. The van der Waals surface area contributed by atoms with Gasteiger partial charge in [0.15, 0.2) is 0 Å². The third-order valence-electron chi connectivity index (χ3n) is 7.31. The van der Waals surface area contributed by atoms with E-state index in [2.05, 4.69) is 52.1 Å². The molecule has 2 fully saturated rings. The monoisotopic (exact) mass is 494 g/mol. The normalized spacial score (nSPS) is 16.8. The fourth-order valence-corrected chi connectivity index (χ4v) is 5.05. The summed E-state index contributed by atoms with van der Waals surface area (Å²) in [5.74, 6) is 2.17. The number of anilines is 2. The molecule has 0 radical (unpaired) electrons. The van der Waals surface area contributed by atoms with Crippen molar-refractivity contribution in [1.29, 1.82) is 0 Å². The van der Waals surface area contributed by atoms with Gasteiger partial charge in [0, 0.05) is 58.8 Å². The van der Waals surface area contributed by atoms with Crippen LogP contribution in [0.15, 0.2) is 48.5 Å². The van der Waals surface area contributed by atoms with Crippen molar-refractivity contribution in [3.05, 3.63) is 48.5 Å². The van der Waals surface area contributed by atoms with Crippen LogP contribution in [-0.2, 0) is 4.79 Å². The molecule has 0 aliphatic carbocycles. The molecule has 2 saturated heterocycles. The SMILES string of the molecule is COc1ccccc1N1CCN(C(=O)CCCCCCOc2ccccc2N2CCN(C)CC2)CC1. The molecule has 196 valence electrons. The zero-order chi connectivity index (χ0) is 25.2. The number of carbonyl (C=O) groups excluding carboxylic acids is 1. The van der Waals surface area contributed by atoms with Crippen LogP contribution >= 0.6 is 0 Å². The molecule has 2 aliphatic heterocycles. The molecule has 0 N–H and O–H groups in total. The summed E-state index contributed by atoms with van der Waals surface area (Å²) >= 11 is 0. The molecule has 2 aromatic rings. The molecule has 36 heavy (non-hydrogen) atoms. The van der Waals surface area contributed by atoms with Crippen LogP contribution < -0.4 is 19.3 Å². The van der Waals surface area contributed by atoms with E-state index >= 15 is 0 Å². The highest BCUT2D eigenvalue weighted by Crippen LogP contribution is 2.30. The first kappa shape index (κ1) is 26.1. The number of hydrogen-bond acceptors (Lipinski definition) is 6. The minimum atomic E-state index is 0.284. The number of unbranched alkanes of at least 4 members (excludes halogenated alkanes) is 3. The molecule has 4 rings (SSSR count). The maximum atomic E-state index is 12.7. The van der Waals surface area contributed by atoms with E-state index in [0.29, 0.717) is 6.42 Å². The molecule has 0 bridgehead atoms. The van der Waals surface area contributed by atoms with Gasteiger partial charge in [0.05, 0.1) is 25.1 Å². The van der Waals surface area contributed by atoms with E-state index in [1.807, 2.05) is 23.1 Å². The molecule has 7 nitrogen and oxygen atoms in total. The smallest absolute Gasteiger partial charge is 0.222 e. The number of rotatable bonds is 11. The van der Waals surface area contributed by atoms with Gasteiger partial charge >= 0.3 is 0 Å². The quantitative estimate of drug-likeness (QED) is 0.438. The molecule has 2 aromatic carbocycles. The zero-order valence-corrected chi connectivity index (χ0v) is 22.0. The van der Waals surface area contributed by atoms with Crippen molar-refractivity contribution in [2.24, 2.45) is 0 Å². The Morgan fingerprint density at radius 1 is 0.722 bits per heavy atom. The third-order valence-corrected chi connectivity index (χ3v) is 7.31. The van der Waals surface area contributed by atoms with Crippen LogP contribution in [-0.4, -0.2) is 88.8 Å². The second-order valence-corrected chi connectivity index (χ2v) is 9.81. The number of para-hydroxylation sites is 4. The first-order valence-electron chi connectivity index (χ1n) is 13.5. The van der Waals surface area contributed by atoms with Gasteiger partial charge in [0.25, 0.3) is 0 Å². The number of hydrogen-bond donors (Lipinski definition) is 0. The second-order valence-electron chi connectivity index (χ2n) is 9.81. The summed E-state index contributed by atoms with van der Waals surface area (Å²) in [4.78, 5) is 21.8. The number of piperazine rings is 2. The molecular formula is C29H42N4O3. The molecule has 2 heterocycles. The number of methoxy groups -OCH3 is 1. The molecular weight excluding hydrogens is 452 g/mol. The van der Waals surface area contributed by atoms with Gasteiger partial charge in [-0.1, -0.05) is 37.1 Å². The molecule has 0 unspecified atom stereocenters. The summed E-state index contributed by atoms with van der Waals surface area (Å²) in [6, 6.07) is 16.5. The van der Waals surface area contributed by atoms with Gasteiger partial charge < -0.3 is 29.1 Å². The minimum Gasteiger partial charge on any atom is -0.495 e. The first-order valence-corrected chi connectivity index (χ1v) is 13.5. The van der Waals surface area contributed by atoms with Crippen molar-refractivity contribution < 1.29 is 14.3 Å².